The van der Waals surface area contributed by atoms with Gasteiger partial charge in [-0.2, -0.15) is 0 Å². The molecule has 3 aromatic rings. The molecule has 1 aromatic carbocycles. The molecule has 1 fully saturated rings. The van der Waals surface area contributed by atoms with Crippen LogP contribution in [0.25, 0.3) is 11.3 Å². The molecule has 4 N–H and O–H groups in total. The highest BCUT2D eigenvalue weighted by Gasteiger charge is 2.13. The molecular formula is C25H29N5O3. The number of pyridine rings is 2. The van der Waals surface area contributed by atoms with E-state index in [0.29, 0.717) is 35.2 Å². The van der Waals surface area contributed by atoms with Crippen molar-refractivity contribution in [1.29, 1.82) is 0 Å². The molecule has 0 saturated carbocycles. The standard InChI is InChI=1S/C25H29N5O3/c1-26-23-4-2-3-21(29-23)19-15-22(25(32)28-16-19)30-24(31)18-5-7-20(8-6-18)33-14-11-17-9-12-27-13-10-17/h2-8,15-17,27H,9-14H2,1H3,(H,26,29)(H,28,32)(H,30,31). The number of carbonyl (C=O) groups is 1. The number of H-pyrrole nitrogens is 1. The molecule has 33 heavy (non-hydrogen) atoms. The molecule has 1 saturated heterocycles. The van der Waals surface area contributed by atoms with Crippen molar-refractivity contribution in [2.75, 3.05) is 37.4 Å². The van der Waals surface area contributed by atoms with E-state index in [1.165, 1.54) is 12.8 Å². The Morgan fingerprint density at radius 2 is 1.94 bits per heavy atom. The summed E-state index contributed by atoms with van der Waals surface area (Å²) in [6.45, 7) is 2.83. The molecule has 8 heteroatoms. The van der Waals surface area contributed by atoms with Gasteiger partial charge in [0.1, 0.15) is 17.3 Å². The molecule has 1 aliphatic heterocycles. The van der Waals surface area contributed by atoms with Gasteiger partial charge in [0.2, 0.25) is 0 Å². The maximum absolute atomic E-state index is 12.7. The van der Waals surface area contributed by atoms with E-state index in [1.54, 1.807) is 43.6 Å². The highest BCUT2D eigenvalue weighted by atomic mass is 16.5. The maximum Gasteiger partial charge on any atom is 0.271 e. The Labute approximate surface area is 192 Å². The molecule has 3 heterocycles. The predicted octanol–water partition coefficient (Wildman–Crippen LogP) is 3.50. The predicted molar refractivity (Wildman–Crippen MR) is 130 cm³/mol. The molecule has 0 unspecified atom stereocenters. The molecule has 0 bridgehead atoms. The Morgan fingerprint density at radius 1 is 1.15 bits per heavy atom. The van der Waals surface area contributed by atoms with E-state index in [9.17, 15) is 9.59 Å². The van der Waals surface area contributed by atoms with Gasteiger partial charge in [-0.25, -0.2) is 4.98 Å². The Morgan fingerprint density at radius 3 is 2.70 bits per heavy atom. The number of rotatable bonds is 8. The first-order chi connectivity index (χ1) is 16.1. The molecule has 0 atom stereocenters. The summed E-state index contributed by atoms with van der Waals surface area (Å²) >= 11 is 0. The second-order valence-electron chi connectivity index (χ2n) is 8.10. The number of nitrogens with one attached hydrogen (secondary N) is 4. The molecule has 1 aliphatic rings. The van der Waals surface area contributed by atoms with Crippen LogP contribution in [0.15, 0.2) is 59.5 Å². The summed E-state index contributed by atoms with van der Waals surface area (Å²) in [6, 6.07) is 14.1. The molecule has 0 spiro atoms. The highest BCUT2D eigenvalue weighted by Crippen LogP contribution is 2.21. The largest absolute Gasteiger partial charge is 0.494 e. The fraction of sp³-hybridized carbons (Fsp3) is 0.320. The van der Waals surface area contributed by atoms with E-state index >= 15 is 0 Å². The average molecular weight is 448 g/mol. The van der Waals surface area contributed by atoms with Crippen molar-refractivity contribution in [3.63, 3.8) is 0 Å². The quantitative estimate of drug-likeness (QED) is 0.421. The number of amides is 1. The molecule has 4 rings (SSSR count). The molecule has 0 radical (unpaired) electrons. The van der Waals surface area contributed by atoms with Crippen LogP contribution in [0.2, 0.25) is 0 Å². The molecule has 172 valence electrons. The summed E-state index contributed by atoms with van der Waals surface area (Å²) in [6.07, 6.45) is 5.00. The van der Waals surface area contributed by atoms with Crippen LogP contribution in [0.4, 0.5) is 11.5 Å². The summed E-state index contributed by atoms with van der Waals surface area (Å²) < 4.78 is 5.85. The van der Waals surface area contributed by atoms with Crippen molar-refractivity contribution in [3.8, 4) is 17.0 Å². The maximum atomic E-state index is 12.7. The summed E-state index contributed by atoms with van der Waals surface area (Å²) in [4.78, 5) is 32.1. The zero-order chi connectivity index (χ0) is 23.0. The summed E-state index contributed by atoms with van der Waals surface area (Å²) in [7, 11) is 1.79. The zero-order valence-corrected chi connectivity index (χ0v) is 18.7. The lowest BCUT2D eigenvalue weighted by atomic mass is 9.95. The minimum absolute atomic E-state index is 0.163. The van der Waals surface area contributed by atoms with Gasteiger partial charge in [-0.3, -0.25) is 9.59 Å². The van der Waals surface area contributed by atoms with Crippen LogP contribution in [0.1, 0.15) is 29.6 Å². The van der Waals surface area contributed by atoms with Crippen molar-refractivity contribution in [1.82, 2.24) is 15.3 Å². The second kappa shape index (κ2) is 10.8. The number of ether oxygens (including phenoxy) is 1. The normalized spacial score (nSPS) is 14.0. The number of nitrogens with zero attached hydrogens (tertiary/aromatic N) is 1. The SMILES string of the molecule is CNc1cccc(-c2c[nH]c(=O)c(NC(=O)c3ccc(OCCC4CCNCC4)cc3)c2)n1. The van der Waals surface area contributed by atoms with Crippen LogP contribution < -0.4 is 26.2 Å². The van der Waals surface area contributed by atoms with E-state index in [4.69, 9.17) is 4.74 Å². The van der Waals surface area contributed by atoms with E-state index in [2.05, 4.69) is 25.9 Å². The number of hydrogen-bond donors (Lipinski definition) is 4. The van der Waals surface area contributed by atoms with Gasteiger partial charge >= 0.3 is 0 Å². The van der Waals surface area contributed by atoms with Gasteiger partial charge in [-0.1, -0.05) is 6.07 Å². The van der Waals surface area contributed by atoms with Gasteiger partial charge in [-0.05, 0) is 80.7 Å². The Bertz CT molecular complexity index is 1140. The topological polar surface area (TPSA) is 108 Å². The van der Waals surface area contributed by atoms with Gasteiger partial charge in [0.25, 0.3) is 11.5 Å². The summed E-state index contributed by atoms with van der Waals surface area (Å²) in [5, 5.41) is 9.05. The fourth-order valence-electron chi connectivity index (χ4n) is 3.87. The zero-order valence-electron chi connectivity index (χ0n) is 18.7. The highest BCUT2D eigenvalue weighted by molar-refractivity contribution is 6.04. The molecule has 8 nitrogen and oxygen atoms in total. The summed E-state index contributed by atoms with van der Waals surface area (Å²) in [5.74, 6) is 1.79. The van der Waals surface area contributed by atoms with Crippen LogP contribution in [-0.4, -0.2) is 42.6 Å². The summed E-state index contributed by atoms with van der Waals surface area (Å²) in [5.41, 5.74) is 1.60. The van der Waals surface area contributed by atoms with E-state index in [-0.39, 0.29) is 17.2 Å². The number of benzene rings is 1. The Balaban J connectivity index is 1.38. The smallest absolute Gasteiger partial charge is 0.271 e. The second-order valence-corrected chi connectivity index (χ2v) is 8.10. The number of piperidine rings is 1. The third kappa shape index (κ3) is 5.98. The lowest BCUT2D eigenvalue weighted by Crippen LogP contribution is -2.28. The van der Waals surface area contributed by atoms with Gasteiger partial charge in [-0.15, -0.1) is 0 Å². The van der Waals surface area contributed by atoms with Crippen molar-refractivity contribution in [3.05, 3.63) is 70.6 Å². The average Bonchev–Trinajstić information content (AvgIpc) is 2.86. The lowest BCUT2D eigenvalue weighted by Gasteiger charge is -2.22. The molecule has 2 aromatic heterocycles. The minimum atomic E-state index is -0.380. The molecule has 1 amide bonds. The minimum Gasteiger partial charge on any atom is -0.494 e. The Hall–Kier alpha value is -3.65. The third-order valence-electron chi connectivity index (χ3n) is 5.82. The number of hydrogen-bond acceptors (Lipinski definition) is 6. The van der Waals surface area contributed by atoms with Gasteiger partial charge in [0.05, 0.1) is 12.3 Å². The van der Waals surface area contributed by atoms with Gasteiger partial charge in [0.15, 0.2) is 0 Å². The van der Waals surface area contributed by atoms with Crippen LogP contribution in [0.5, 0.6) is 5.75 Å². The van der Waals surface area contributed by atoms with E-state index in [1.807, 2.05) is 18.2 Å². The first kappa shape index (κ1) is 22.5. The lowest BCUT2D eigenvalue weighted by molar-refractivity contribution is 0.102. The fourth-order valence-corrected chi connectivity index (χ4v) is 3.87. The van der Waals surface area contributed by atoms with E-state index < -0.39 is 0 Å². The molecule has 0 aliphatic carbocycles. The molecular weight excluding hydrogens is 418 g/mol. The van der Waals surface area contributed by atoms with E-state index in [0.717, 1.165) is 25.3 Å². The number of aromatic nitrogens is 2. The van der Waals surface area contributed by atoms with Crippen LogP contribution >= 0.6 is 0 Å². The van der Waals surface area contributed by atoms with Crippen molar-refractivity contribution >= 4 is 17.4 Å². The van der Waals surface area contributed by atoms with Crippen molar-refractivity contribution in [2.24, 2.45) is 5.92 Å². The van der Waals surface area contributed by atoms with Crippen molar-refractivity contribution in [2.45, 2.75) is 19.3 Å². The number of anilines is 2. The first-order valence-electron chi connectivity index (χ1n) is 11.3. The number of aromatic amines is 1. The van der Waals surface area contributed by atoms with Crippen LogP contribution in [0.3, 0.4) is 0 Å². The van der Waals surface area contributed by atoms with Crippen LogP contribution in [0, 0.1) is 5.92 Å². The van der Waals surface area contributed by atoms with Crippen molar-refractivity contribution < 1.29 is 9.53 Å². The van der Waals surface area contributed by atoms with Gasteiger partial charge in [0, 0.05) is 24.4 Å². The van der Waals surface area contributed by atoms with Crippen LogP contribution in [-0.2, 0) is 0 Å². The number of carbonyl (C=O) groups excluding carboxylic acids is 1. The Kier molecular flexibility index (Phi) is 7.36. The van der Waals surface area contributed by atoms with Gasteiger partial charge < -0.3 is 25.7 Å². The third-order valence-corrected chi connectivity index (χ3v) is 5.82. The monoisotopic (exact) mass is 447 g/mol. The first-order valence-corrected chi connectivity index (χ1v) is 11.3.